The SMILES string of the molecule is CCOCCN(C[C@@H](O)CN1CCCC2(CCN(c3ncncc3C3CC3)C2)C1)S(=O)(=O)c1c(C)cccc1C. The molecule has 1 aromatic heterocycles. The quantitative estimate of drug-likeness (QED) is 0.388. The summed E-state index contributed by atoms with van der Waals surface area (Å²) in [7, 11) is -3.79. The van der Waals surface area contributed by atoms with Crippen molar-refractivity contribution in [3.8, 4) is 0 Å². The zero-order valence-electron chi connectivity index (χ0n) is 24.3. The van der Waals surface area contributed by atoms with Gasteiger partial charge in [-0.15, -0.1) is 0 Å². The highest BCUT2D eigenvalue weighted by atomic mass is 32.2. The van der Waals surface area contributed by atoms with E-state index in [0.717, 1.165) is 44.8 Å². The number of piperidine rings is 1. The predicted octanol–water partition coefficient (Wildman–Crippen LogP) is 3.35. The number of hydrogen-bond donors (Lipinski definition) is 1. The van der Waals surface area contributed by atoms with Crippen LogP contribution in [0, 0.1) is 19.3 Å². The van der Waals surface area contributed by atoms with Gasteiger partial charge in [0.2, 0.25) is 10.0 Å². The first kappa shape index (κ1) is 29.4. The maximum absolute atomic E-state index is 13.8. The summed E-state index contributed by atoms with van der Waals surface area (Å²) >= 11 is 0. The molecule has 3 fully saturated rings. The molecule has 2 saturated heterocycles. The number of nitrogens with zero attached hydrogens (tertiary/aromatic N) is 5. The molecule has 0 radical (unpaired) electrons. The van der Waals surface area contributed by atoms with Crippen LogP contribution in [0.3, 0.4) is 0 Å². The van der Waals surface area contributed by atoms with Crippen LogP contribution in [-0.4, -0.2) is 97.8 Å². The lowest BCUT2D eigenvalue weighted by Crippen LogP contribution is -2.49. The summed E-state index contributed by atoms with van der Waals surface area (Å²) in [5, 5.41) is 11.2. The van der Waals surface area contributed by atoms with Gasteiger partial charge in [0.15, 0.2) is 0 Å². The van der Waals surface area contributed by atoms with Gasteiger partial charge in [-0.3, -0.25) is 0 Å². The fraction of sp³-hybridized carbons (Fsp3) is 0.667. The molecule has 2 atom stereocenters. The molecule has 0 bridgehead atoms. The highest BCUT2D eigenvalue weighted by molar-refractivity contribution is 7.89. The summed E-state index contributed by atoms with van der Waals surface area (Å²) in [5.41, 5.74) is 2.89. The van der Waals surface area contributed by atoms with Crippen LogP contribution in [0.15, 0.2) is 35.6 Å². The predicted molar refractivity (Wildman–Crippen MR) is 156 cm³/mol. The number of aliphatic hydroxyl groups is 1. The van der Waals surface area contributed by atoms with E-state index in [4.69, 9.17) is 4.74 Å². The maximum Gasteiger partial charge on any atom is 0.243 e. The van der Waals surface area contributed by atoms with Crippen molar-refractivity contribution in [1.82, 2.24) is 19.2 Å². The number of hydrogen-bond acceptors (Lipinski definition) is 8. The highest BCUT2D eigenvalue weighted by Gasteiger charge is 2.43. The van der Waals surface area contributed by atoms with Crippen LogP contribution < -0.4 is 4.90 Å². The first-order valence-corrected chi connectivity index (χ1v) is 16.3. The van der Waals surface area contributed by atoms with Crippen LogP contribution in [0.2, 0.25) is 0 Å². The summed E-state index contributed by atoms with van der Waals surface area (Å²) in [4.78, 5) is 14.1. The van der Waals surface area contributed by atoms with Gasteiger partial charge >= 0.3 is 0 Å². The van der Waals surface area contributed by atoms with Crippen LogP contribution in [0.1, 0.15) is 61.6 Å². The van der Waals surface area contributed by atoms with Crippen molar-refractivity contribution in [2.75, 3.05) is 63.9 Å². The van der Waals surface area contributed by atoms with Crippen molar-refractivity contribution >= 4 is 15.8 Å². The first-order valence-electron chi connectivity index (χ1n) is 14.8. The number of ether oxygens (including phenoxy) is 1. The number of likely N-dealkylation sites (tertiary alicyclic amines) is 1. The minimum absolute atomic E-state index is 0.0461. The lowest BCUT2D eigenvalue weighted by atomic mass is 9.79. The Morgan fingerprint density at radius 3 is 2.67 bits per heavy atom. The van der Waals surface area contributed by atoms with E-state index >= 15 is 0 Å². The average Bonchev–Trinajstić information content (AvgIpc) is 3.69. The van der Waals surface area contributed by atoms with Gasteiger partial charge < -0.3 is 19.6 Å². The molecule has 5 rings (SSSR count). The van der Waals surface area contributed by atoms with Crippen molar-refractivity contribution in [1.29, 1.82) is 0 Å². The Kier molecular flexibility index (Phi) is 9.11. The van der Waals surface area contributed by atoms with Gasteiger partial charge in [-0.2, -0.15) is 4.31 Å². The smallest absolute Gasteiger partial charge is 0.243 e. The third-order valence-corrected chi connectivity index (χ3v) is 11.0. The minimum atomic E-state index is -3.79. The van der Waals surface area contributed by atoms with E-state index in [9.17, 15) is 13.5 Å². The molecule has 1 saturated carbocycles. The Morgan fingerprint density at radius 1 is 1.18 bits per heavy atom. The average molecular weight is 572 g/mol. The number of rotatable bonds is 12. The number of aliphatic hydroxyl groups excluding tert-OH is 1. The van der Waals surface area contributed by atoms with E-state index in [1.807, 2.05) is 45.2 Å². The monoisotopic (exact) mass is 571 g/mol. The minimum Gasteiger partial charge on any atom is -0.390 e. The van der Waals surface area contributed by atoms with Crippen LogP contribution in [0.5, 0.6) is 0 Å². The van der Waals surface area contributed by atoms with Crippen molar-refractivity contribution in [3.05, 3.63) is 47.4 Å². The Labute approximate surface area is 239 Å². The molecule has 2 aliphatic heterocycles. The summed E-state index contributed by atoms with van der Waals surface area (Å²) in [6.45, 7) is 10.9. The zero-order chi connectivity index (χ0) is 28.3. The Bertz CT molecular complexity index is 1250. The molecule has 9 nitrogen and oxygen atoms in total. The number of β-amino-alcohol motifs (C(OH)–C–C–N with tert-alkyl or cyclic N) is 1. The van der Waals surface area contributed by atoms with Gasteiger partial charge in [0, 0.05) is 63.1 Å². The van der Waals surface area contributed by atoms with Crippen LogP contribution in [0.25, 0.3) is 0 Å². The highest BCUT2D eigenvalue weighted by Crippen LogP contribution is 2.46. The Morgan fingerprint density at radius 2 is 1.95 bits per heavy atom. The number of benzene rings is 1. The molecule has 1 unspecified atom stereocenters. The van der Waals surface area contributed by atoms with Gasteiger partial charge in [-0.05, 0) is 76.5 Å². The molecule has 2 aromatic rings. The second kappa shape index (κ2) is 12.4. The van der Waals surface area contributed by atoms with E-state index in [-0.39, 0.29) is 18.5 Å². The second-order valence-corrected chi connectivity index (χ2v) is 13.9. The molecule has 1 aliphatic carbocycles. The van der Waals surface area contributed by atoms with E-state index in [1.165, 1.54) is 29.1 Å². The third-order valence-electron chi connectivity index (χ3n) is 8.79. The first-order chi connectivity index (χ1) is 19.2. The number of anilines is 1. The van der Waals surface area contributed by atoms with Crippen molar-refractivity contribution < 1.29 is 18.3 Å². The van der Waals surface area contributed by atoms with Crippen molar-refractivity contribution in [2.45, 2.75) is 69.8 Å². The number of aryl methyl sites for hydroxylation is 2. The molecule has 3 aliphatic rings. The summed E-state index contributed by atoms with van der Waals surface area (Å²) in [6, 6.07) is 5.52. The van der Waals surface area contributed by atoms with Gasteiger partial charge in [0.05, 0.1) is 17.6 Å². The summed E-state index contributed by atoms with van der Waals surface area (Å²) in [5.74, 6) is 1.71. The van der Waals surface area contributed by atoms with Gasteiger partial charge in [-0.1, -0.05) is 18.2 Å². The summed E-state index contributed by atoms with van der Waals surface area (Å²) < 4.78 is 34.5. The lowest BCUT2D eigenvalue weighted by Gasteiger charge is -2.41. The van der Waals surface area contributed by atoms with Crippen LogP contribution in [-0.2, 0) is 14.8 Å². The van der Waals surface area contributed by atoms with Crippen LogP contribution in [0.4, 0.5) is 5.82 Å². The molecule has 40 heavy (non-hydrogen) atoms. The van der Waals surface area contributed by atoms with Gasteiger partial charge in [0.1, 0.15) is 12.1 Å². The maximum atomic E-state index is 13.8. The standard InChI is InChI=1S/C30H45N5O4S/c1-4-39-16-15-35(40(37,38)28-23(2)7-5-8-24(28)3)19-26(36)18-33-13-6-11-30(20-33)12-14-34(21-30)29-27(25-9-10-25)17-31-22-32-29/h5,7-8,17,22,25-26,36H,4,6,9-16,18-21H2,1-3H3/t26-,30?/m0/s1. The normalized spacial score (nSPS) is 22.9. The molecule has 1 N–H and O–H groups in total. The fourth-order valence-corrected chi connectivity index (χ4v) is 8.63. The number of aromatic nitrogens is 2. The second-order valence-electron chi connectivity index (χ2n) is 12.0. The zero-order valence-corrected chi connectivity index (χ0v) is 25.1. The van der Waals surface area contributed by atoms with E-state index in [2.05, 4.69) is 19.8 Å². The molecule has 1 spiro atoms. The molecular formula is C30H45N5O4S. The van der Waals surface area contributed by atoms with E-state index in [0.29, 0.717) is 41.7 Å². The van der Waals surface area contributed by atoms with Gasteiger partial charge in [0.25, 0.3) is 0 Å². The molecular weight excluding hydrogens is 526 g/mol. The van der Waals surface area contributed by atoms with E-state index < -0.39 is 16.1 Å². The molecule has 1 aromatic carbocycles. The van der Waals surface area contributed by atoms with Crippen molar-refractivity contribution in [3.63, 3.8) is 0 Å². The summed E-state index contributed by atoms with van der Waals surface area (Å²) in [6.07, 6.45) is 8.68. The van der Waals surface area contributed by atoms with Crippen LogP contribution >= 0.6 is 0 Å². The molecule has 10 heteroatoms. The fourth-order valence-electron chi connectivity index (χ4n) is 6.74. The molecule has 220 valence electrons. The Hall–Kier alpha value is -2.11. The Balaban J connectivity index is 1.24. The molecule has 3 heterocycles. The van der Waals surface area contributed by atoms with Gasteiger partial charge in [-0.25, -0.2) is 18.4 Å². The number of sulfonamides is 1. The molecule has 0 amide bonds. The largest absolute Gasteiger partial charge is 0.390 e. The topological polar surface area (TPSA) is 99.1 Å². The van der Waals surface area contributed by atoms with Crippen molar-refractivity contribution in [2.24, 2.45) is 5.41 Å². The lowest BCUT2D eigenvalue weighted by molar-refractivity contribution is 0.0431. The van der Waals surface area contributed by atoms with E-state index in [1.54, 1.807) is 6.33 Å². The third kappa shape index (κ3) is 6.51.